The van der Waals surface area contributed by atoms with Gasteiger partial charge in [0.2, 0.25) is 0 Å². The molecule has 3 aliphatic rings. The van der Waals surface area contributed by atoms with Crippen molar-refractivity contribution in [2.75, 3.05) is 58.3 Å². The number of ether oxygens (including phenoxy) is 1. The first-order valence-electron chi connectivity index (χ1n) is 12.4. The molecule has 2 aromatic carbocycles. The SMILES string of the molecule is C=C(c1ccc(C2(OC)CCN(C)CC2)cc1)N1CC2CN(c3ccc(C(F)(F)F)cc3)CC2C1. The summed E-state index contributed by atoms with van der Waals surface area (Å²) in [6, 6.07) is 14.3. The van der Waals surface area contributed by atoms with Crippen LogP contribution in [0.2, 0.25) is 0 Å². The van der Waals surface area contributed by atoms with Gasteiger partial charge in [0, 0.05) is 69.6 Å². The Morgan fingerprint density at radius 3 is 2.00 bits per heavy atom. The van der Waals surface area contributed by atoms with E-state index in [-0.39, 0.29) is 5.60 Å². The molecule has 2 atom stereocenters. The summed E-state index contributed by atoms with van der Waals surface area (Å²) in [6.45, 7) is 10.0. The summed E-state index contributed by atoms with van der Waals surface area (Å²) in [5.41, 5.74) is 3.47. The molecular formula is C28H34F3N3O. The van der Waals surface area contributed by atoms with E-state index in [2.05, 4.69) is 52.6 Å². The van der Waals surface area contributed by atoms with Crippen LogP contribution in [0.4, 0.5) is 18.9 Å². The fourth-order valence-electron chi connectivity index (χ4n) is 6.02. The summed E-state index contributed by atoms with van der Waals surface area (Å²) in [5.74, 6) is 0.980. The number of piperidine rings is 1. The molecule has 4 nitrogen and oxygen atoms in total. The first-order valence-corrected chi connectivity index (χ1v) is 12.4. The predicted octanol–water partition coefficient (Wildman–Crippen LogP) is 5.31. The number of benzene rings is 2. The molecule has 35 heavy (non-hydrogen) atoms. The maximum Gasteiger partial charge on any atom is 0.416 e. The zero-order valence-electron chi connectivity index (χ0n) is 20.5. The lowest BCUT2D eigenvalue weighted by Gasteiger charge is -2.40. The van der Waals surface area contributed by atoms with Crippen LogP contribution in [0.3, 0.4) is 0 Å². The van der Waals surface area contributed by atoms with E-state index < -0.39 is 11.7 Å². The largest absolute Gasteiger partial charge is 0.416 e. The van der Waals surface area contributed by atoms with Gasteiger partial charge in [-0.25, -0.2) is 0 Å². The molecule has 7 heteroatoms. The fraction of sp³-hybridized carbons (Fsp3) is 0.500. The van der Waals surface area contributed by atoms with Gasteiger partial charge >= 0.3 is 6.18 Å². The van der Waals surface area contributed by atoms with Gasteiger partial charge in [-0.3, -0.25) is 0 Å². The smallest absolute Gasteiger partial charge is 0.373 e. The highest BCUT2D eigenvalue weighted by Crippen LogP contribution is 2.39. The number of alkyl halides is 3. The molecule has 0 spiro atoms. The molecular weight excluding hydrogens is 451 g/mol. The molecule has 0 bridgehead atoms. The van der Waals surface area contributed by atoms with Crippen LogP contribution < -0.4 is 4.90 Å². The fourth-order valence-corrected chi connectivity index (χ4v) is 6.02. The number of nitrogens with zero attached hydrogens (tertiary/aromatic N) is 3. The summed E-state index contributed by atoms with van der Waals surface area (Å²) >= 11 is 0. The lowest BCUT2D eigenvalue weighted by Crippen LogP contribution is -2.42. The molecule has 3 fully saturated rings. The molecule has 3 saturated heterocycles. The maximum atomic E-state index is 12.9. The summed E-state index contributed by atoms with van der Waals surface area (Å²) in [7, 11) is 3.97. The molecule has 2 aromatic rings. The average Bonchev–Trinajstić information content (AvgIpc) is 3.44. The Balaban J connectivity index is 1.20. The molecule has 0 aromatic heterocycles. The van der Waals surface area contributed by atoms with Crippen molar-refractivity contribution in [2.24, 2.45) is 11.8 Å². The second-order valence-electron chi connectivity index (χ2n) is 10.4. The minimum absolute atomic E-state index is 0.210. The maximum absolute atomic E-state index is 12.9. The highest BCUT2D eigenvalue weighted by Gasteiger charge is 2.41. The Labute approximate surface area is 206 Å². The van der Waals surface area contributed by atoms with E-state index in [9.17, 15) is 13.2 Å². The minimum Gasteiger partial charge on any atom is -0.373 e. The van der Waals surface area contributed by atoms with E-state index in [1.165, 1.54) is 17.7 Å². The van der Waals surface area contributed by atoms with Crippen molar-refractivity contribution in [2.45, 2.75) is 24.6 Å². The first-order chi connectivity index (χ1) is 16.7. The van der Waals surface area contributed by atoms with Crippen molar-refractivity contribution in [3.63, 3.8) is 0 Å². The molecule has 188 valence electrons. The van der Waals surface area contributed by atoms with E-state index in [1.54, 1.807) is 12.1 Å². The third kappa shape index (κ3) is 4.68. The van der Waals surface area contributed by atoms with Crippen molar-refractivity contribution < 1.29 is 17.9 Å². The van der Waals surface area contributed by atoms with Crippen molar-refractivity contribution in [1.82, 2.24) is 9.80 Å². The molecule has 0 aliphatic carbocycles. The van der Waals surface area contributed by atoms with Crippen molar-refractivity contribution in [3.05, 3.63) is 71.8 Å². The van der Waals surface area contributed by atoms with Crippen molar-refractivity contribution in [3.8, 4) is 0 Å². The Kier molecular flexibility index (Phi) is 6.34. The van der Waals surface area contributed by atoms with Crippen LogP contribution in [-0.4, -0.2) is 63.2 Å². The minimum atomic E-state index is -4.30. The van der Waals surface area contributed by atoms with E-state index in [0.717, 1.165) is 69.1 Å². The second-order valence-corrected chi connectivity index (χ2v) is 10.4. The summed E-state index contributed by atoms with van der Waals surface area (Å²) in [4.78, 5) is 6.93. The second kappa shape index (κ2) is 9.17. The molecule has 5 rings (SSSR count). The number of fused-ring (bicyclic) bond motifs is 1. The number of rotatable bonds is 5. The molecule has 3 aliphatic heterocycles. The van der Waals surface area contributed by atoms with Crippen LogP contribution in [0, 0.1) is 11.8 Å². The lowest BCUT2D eigenvalue weighted by atomic mass is 9.84. The molecule has 0 saturated carbocycles. The van der Waals surface area contributed by atoms with Crippen molar-refractivity contribution >= 4 is 11.4 Å². The van der Waals surface area contributed by atoms with Crippen molar-refractivity contribution in [1.29, 1.82) is 0 Å². The summed E-state index contributed by atoms with van der Waals surface area (Å²) < 4.78 is 44.6. The zero-order valence-corrected chi connectivity index (χ0v) is 20.5. The Bertz CT molecular complexity index is 1030. The van der Waals surface area contributed by atoms with Crippen LogP contribution in [0.1, 0.15) is 29.5 Å². The van der Waals surface area contributed by atoms with E-state index in [0.29, 0.717) is 11.8 Å². The highest BCUT2D eigenvalue weighted by molar-refractivity contribution is 5.63. The third-order valence-corrected chi connectivity index (χ3v) is 8.36. The van der Waals surface area contributed by atoms with Gasteiger partial charge in [0.15, 0.2) is 0 Å². The quantitative estimate of drug-likeness (QED) is 0.571. The average molecular weight is 486 g/mol. The number of likely N-dealkylation sites (tertiary alicyclic amines) is 2. The Hall–Kier alpha value is -2.51. The highest BCUT2D eigenvalue weighted by atomic mass is 19.4. The predicted molar refractivity (Wildman–Crippen MR) is 133 cm³/mol. The molecule has 0 amide bonds. The van der Waals surface area contributed by atoms with Gasteiger partial charge in [0.1, 0.15) is 0 Å². The van der Waals surface area contributed by atoms with E-state index in [1.807, 2.05) is 7.11 Å². The number of anilines is 1. The monoisotopic (exact) mass is 485 g/mol. The van der Waals surface area contributed by atoms with Gasteiger partial charge in [-0.05, 0) is 55.3 Å². The topological polar surface area (TPSA) is 19.0 Å². The van der Waals surface area contributed by atoms with Crippen LogP contribution in [0.15, 0.2) is 55.1 Å². The van der Waals surface area contributed by atoms with Gasteiger partial charge in [0.25, 0.3) is 0 Å². The number of hydrogen-bond donors (Lipinski definition) is 0. The van der Waals surface area contributed by atoms with Gasteiger partial charge in [-0.1, -0.05) is 30.8 Å². The van der Waals surface area contributed by atoms with Gasteiger partial charge in [0.05, 0.1) is 11.2 Å². The van der Waals surface area contributed by atoms with Gasteiger partial charge in [-0.2, -0.15) is 13.2 Å². The van der Waals surface area contributed by atoms with Crippen LogP contribution >= 0.6 is 0 Å². The Morgan fingerprint density at radius 2 is 1.49 bits per heavy atom. The number of halogens is 3. The van der Waals surface area contributed by atoms with E-state index >= 15 is 0 Å². The normalized spacial score (nSPS) is 24.6. The standard InChI is InChI=1S/C28H34F3N3O/c1-20(21-4-6-24(7-5-21)27(35-3)12-14-32(2)15-13-27)33-16-22-18-34(19-23(22)17-33)26-10-8-25(9-11-26)28(29,30)31/h4-11,22-23H,1,12-19H2,2-3H3. The van der Waals surface area contributed by atoms with E-state index in [4.69, 9.17) is 4.74 Å². The number of methoxy groups -OCH3 is 1. The molecule has 0 N–H and O–H groups in total. The number of hydrogen-bond acceptors (Lipinski definition) is 4. The third-order valence-electron chi connectivity index (χ3n) is 8.36. The zero-order chi connectivity index (χ0) is 24.8. The van der Waals surface area contributed by atoms with Crippen LogP contribution in [0.5, 0.6) is 0 Å². The van der Waals surface area contributed by atoms with Crippen LogP contribution in [-0.2, 0) is 16.5 Å². The van der Waals surface area contributed by atoms with Gasteiger partial charge < -0.3 is 19.4 Å². The molecule has 0 radical (unpaired) electrons. The molecule has 2 unspecified atom stereocenters. The molecule has 3 heterocycles. The summed E-state index contributed by atoms with van der Waals surface area (Å²) in [5, 5.41) is 0. The van der Waals surface area contributed by atoms with Gasteiger partial charge in [-0.15, -0.1) is 0 Å². The van der Waals surface area contributed by atoms with Crippen LogP contribution in [0.25, 0.3) is 5.70 Å². The lowest BCUT2D eigenvalue weighted by molar-refractivity contribution is -0.137. The Morgan fingerprint density at radius 1 is 0.914 bits per heavy atom. The first kappa shape index (κ1) is 24.2. The summed E-state index contributed by atoms with van der Waals surface area (Å²) in [6.07, 6.45) is -2.31.